The molecule has 1 aromatic rings. The Kier molecular flexibility index (Phi) is 3.74. The minimum atomic E-state index is -0.453. The van der Waals surface area contributed by atoms with E-state index in [0.717, 1.165) is 49.2 Å². The van der Waals surface area contributed by atoms with E-state index in [1.165, 1.54) is 6.42 Å². The number of hydrogen-bond donors (Lipinski definition) is 1. The summed E-state index contributed by atoms with van der Waals surface area (Å²) in [6.45, 7) is 2.82. The maximum absolute atomic E-state index is 10.8. The molecule has 3 rings (SSSR count). The van der Waals surface area contributed by atoms with Crippen molar-refractivity contribution in [3.63, 3.8) is 0 Å². The average Bonchev–Trinajstić information content (AvgIpc) is 2.45. The van der Waals surface area contributed by atoms with Gasteiger partial charge < -0.3 is 14.6 Å². The van der Waals surface area contributed by atoms with E-state index in [4.69, 9.17) is 9.47 Å². The summed E-state index contributed by atoms with van der Waals surface area (Å²) < 4.78 is 11.4. The number of hydrogen-bond acceptors (Lipinski definition) is 3. The van der Waals surface area contributed by atoms with Crippen LogP contribution in [0.1, 0.15) is 49.3 Å². The van der Waals surface area contributed by atoms with Gasteiger partial charge in [-0.25, -0.2) is 0 Å². The minimum Gasteiger partial charge on any atom is -0.496 e. The predicted molar refractivity (Wildman–Crippen MR) is 77.9 cm³/mol. The van der Waals surface area contributed by atoms with Gasteiger partial charge in [0.2, 0.25) is 0 Å². The molecule has 0 aromatic heterocycles. The molecule has 1 aliphatic carbocycles. The molecule has 0 radical (unpaired) electrons. The molecule has 1 N–H and O–H groups in total. The smallest absolute Gasteiger partial charge is 0.124 e. The van der Waals surface area contributed by atoms with Crippen molar-refractivity contribution in [3.8, 4) is 5.75 Å². The summed E-state index contributed by atoms with van der Waals surface area (Å²) in [5.74, 6) is 1.07. The quantitative estimate of drug-likeness (QED) is 0.919. The monoisotopic (exact) mass is 276 g/mol. The first kappa shape index (κ1) is 13.9. The fraction of sp³-hybridized carbons (Fsp3) is 0.647. The van der Waals surface area contributed by atoms with Crippen molar-refractivity contribution in [2.75, 3.05) is 13.7 Å². The van der Waals surface area contributed by atoms with Gasteiger partial charge in [-0.2, -0.15) is 0 Å². The zero-order chi connectivity index (χ0) is 14.2. The molecule has 110 valence electrons. The van der Waals surface area contributed by atoms with Gasteiger partial charge in [-0.15, -0.1) is 0 Å². The van der Waals surface area contributed by atoms with E-state index >= 15 is 0 Å². The van der Waals surface area contributed by atoms with Crippen LogP contribution in [0, 0.1) is 12.8 Å². The zero-order valence-corrected chi connectivity index (χ0v) is 12.4. The molecule has 3 heteroatoms. The Bertz CT molecular complexity index is 479. The molecule has 2 unspecified atom stereocenters. The molecule has 20 heavy (non-hydrogen) atoms. The molecule has 1 saturated carbocycles. The second kappa shape index (κ2) is 5.38. The van der Waals surface area contributed by atoms with E-state index < -0.39 is 6.10 Å². The maximum atomic E-state index is 10.8. The highest BCUT2D eigenvalue weighted by Gasteiger charge is 2.44. The predicted octanol–water partition coefficient (Wildman–Crippen LogP) is 3.39. The lowest BCUT2D eigenvalue weighted by atomic mass is 9.70. The summed E-state index contributed by atoms with van der Waals surface area (Å²) in [6, 6.07) is 6.02. The lowest BCUT2D eigenvalue weighted by molar-refractivity contribution is -0.157. The normalized spacial score (nSPS) is 26.1. The van der Waals surface area contributed by atoms with Crippen LogP contribution in [-0.4, -0.2) is 24.4 Å². The van der Waals surface area contributed by atoms with Gasteiger partial charge in [-0.05, 0) is 57.1 Å². The van der Waals surface area contributed by atoms with Gasteiger partial charge in [-0.1, -0.05) is 11.6 Å². The minimum absolute atomic E-state index is 0.0704. The molecule has 0 bridgehead atoms. The number of aliphatic hydroxyl groups excluding tert-OH is 1. The number of benzene rings is 1. The van der Waals surface area contributed by atoms with Crippen LogP contribution in [0.15, 0.2) is 18.2 Å². The second-order valence-electron chi connectivity index (χ2n) is 6.33. The molecule has 3 nitrogen and oxygen atoms in total. The Hall–Kier alpha value is -1.06. The third-order valence-electron chi connectivity index (χ3n) is 4.95. The standard InChI is InChI=1S/C17H24O3/c1-12-4-5-15(19-2)14(10-12)16(18)13-6-9-20-17(11-13)7-3-8-17/h4-5,10,13,16,18H,3,6-9,11H2,1-2H3. The molecule has 1 aromatic carbocycles. The highest BCUT2D eigenvalue weighted by molar-refractivity contribution is 5.38. The molecule has 2 atom stereocenters. The Morgan fingerprint density at radius 2 is 2.20 bits per heavy atom. The van der Waals surface area contributed by atoms with Crippen LogP contribution in [0.3, 0.4) is 0 Å². The van der Waals surface area contributed by atoms with E-state index in [0.29, 0.717) is 0 Å². The van der Waals surface area contributed by atoms with Crippen LogP contribution in [-0.2, 0) is 4.74 Å². The summed E-state index contributed by atoms with van der Waals surface area (Å²) >= 11 is 0. The molecular weight excluding hydrogens is 252 g/mol. The fourth-order valence-electron chi connectivity index (χ4n) is 3.59. The summed E-state index contributed by atoms with van der Waals surface area (Å²) in [5, 5.41) is 10.8. The van der Waals surface area contributed by atoms with Crippen LogP contribution >= 0.6 is 0 Å². The van der Waals surface area contributed by atoms with Crippen molar-refractivity contribution >= 4 is 0 Å². The van der Waals surface area contributed by atoms with E-state index in [1.807, 2.05) is 25.1 Å². The SMILES string of the molecule is COc1ccc(C)cc1C(O)C1CCOC2(CCC2)C1. The van der Waals surface area contributed by atoms with Crippen LogP contribution < -0.4 is 4.74 Å². The third kappa shape index (κ3) is 2.45. The lowest BCUT2D eigenvalue weighted by Crippen LogP contribution is -2.46. The van der Waals surface area contributed by atoms with Crippen LogP contribution in [0.4, 0.5) is 0 Å². The van der Waals surface area contributed by atoms with E-state index in [1.54, 1.807) is 7.11 Å². The number of rotatable bonds is 3. The van der Waals surface area contributed by atoms with Crippen molar-refractivity contribution < 1.29 is 14.6 Å². The van der Waals surface area contributed by atoms with Crippen molar-refractivity contribution in [1.82, 2.24) is 0 Å². The lowest BCUT2D eigenvalue weighted by Gasteiger charge is -2.48. The molecule has 1 aliphatic heterocycles. The fourth-order valence-corrected chi connectivity index (χ4v) is 3.59. The zero-order valence-electron chi connectivity index (χ0n) is 12.4. The highest BCUT2D eigenvalue weighted by atomic mass is 16.5. The first-order chi connectivity index (χ1) is 9.63. The van der Waals surface area contributed by atoms with Gasteiger partial charge in [0.05, 0.1) is 18.8 Å². The molecule has 1 spiro atoms. The topological polar surface area (TPSA) is 38.7 Å². The molecule has 2 fully saturated rings. The van der Waals surface area contributed by atoms with Crippen LogP contribution in [0.2, 0.25) is 0 Å². The van der Waals surface area contributed by atoms with Gasteiger partial charge in [0, 0.05) is 12.2 Å². The Morgan fingerprint density at radius 3 is 2.85 bits per heavy atom. The molecule has 1 heterocycles. The number of aryl methyl sites for hydroxylation is 1. The molecule has 1 saturated heterocycles. The van der Waals surface area contributed by atoms with Crippen molar-refractivity contribution in [2.24, 2.45) is 5.92 Å². The van der Waals surface area contributed by atoms with Crippen molar-refractivity contribution in [2.45, 2.75) is 50.7 Å². The summed E-state index contributed by atoms with van der Waals surface area (Å²) in [6.07, 6.45) is 5.02. The Labute approximate surface area is 120 Å². The van der Waals surface area contributed by atoms with Gasteiger partial charge in [0.15, 0.2) is 0 Å². The first-order valence-electron chi connectivity index (χ1n) is 7.60. The first-order valence-corrected chi connectivity index (χ1v) is 7.60. The number of aliphatic hydroxyl groups is 1. The van der Waals surface area contributed by atoms with Crippen molar-refractivity contribution in [3.05, 3.63) is 29.3 Å². The van der Waals surface area contributed by atoms with E-state index in [2.05, 4.69) is 0 Å². The van der Waals surface area contributed by atoms with Gasteiger partial charge in [-0.3, -0.25) is 0 Å². The summed E-state index contributed by atoms with van der Waals surface area (Å²) in [7, 11) is 1.66. The summed E-state index contributed by atoms with van der Waals surface area (Å²) in [5.41, 5.74) is 2.15. The average molecular weight is 276 g/mol. The summed E-state index contributed by atoms with van der Waals surface area (Å²) in [4.78, 5) is 0. The van der Waals surface area contributed by atoms with E-state index in [9.17, 15) is 5.11 Å². The largest absolute Gasteiger partial charge is 0.496 e. The number of ether oxygens (including phenoxy) is 2. The molecule has 0 amide bonds. The van der Waals surface area contributed by atoms with Gasteiger partial charge in [0.25, 0.3) is 0 Å². The van der Waals surface area contributed by atoms with E-state index in [-0.39, 0.29) is 11.5 Å². The van der Waals surface area contributed by atoms with Gasteiger partial charge >= 0.3 is 0 Å². The van der Waals surface area contributed by atoms with Crippen LogP contribution in [0.5, 0.6) is 5.75 Å². The Balaban J connectivity index is 1.81. The third-order valence-corrected chi connectivity index (χ3v) is 4.95. The highest BCUT2D eigenvalue weighted by Crippen LogP contribution is 2.48. The Morgan fingerprint density at radius 1 is 1.40 bits per heavy atom. The van der Waals surface area contributed by atoms with Gasteiger partial charge in [0.1, 0.15) is 5.75 Å². The molecule has 2 aliphatic rings. The maximum Gasteiger partial charge on any atom is 0.124 e. The molecular formula is C17H24O3. The van der Waals surface area contributed by atoms with Crippen molar-refractivity contribution in [1.29, 1.82) is 0 Å². The second-order valence-corrected chi connectivity index (χ2v) is 6.33. The number of methoxy groups -OCH3 is 1. The van der Waals surface area contributed by atoms with Crippen LogP contribution in [0.25, 0.3) is 0 Å².